The first-order valence-electron chi connectivity index (χ1n) is 8.77. The van der Waals surface area contributed by atoms with E-state index in [0.717, 1.165) is 31.5 Å². The molecule has 2 aromatic rings. The summed E-state index contributed by atoms with van der Waals surface area (Å²) < 4.78 is 0. The molecule has 5 nitrogen and oxygen atoms in total. The zero-order valence-corrected chi connectivity index (χ0v) is 14.5. The molecule has 0 atom stereocenters. The predicted octanol–water partition coefficient (Wildman–Crippen LogP) is 3.66. The van der Waals surface area contributed by atoms with Crippen molar-refractivity contribution in [2.75, 3.05) is 18.4 Å². The molecule has 1 aromatic carbocycles. The summed E-state index contributed by atoms with van der Waals surface area (Å²) >= 11 is 0. The van der Waals surface area contributed by atoms with E-state index in [2.05, 4.69) is 10.3 Å². The van der Waals surface area contributed by atoms with Crippen LogP contribution in [0.2, 0.25) is 0 Å². The maximum absolute atomic E-state index is 12.7. The molecule has 1 fully saturated rings. The lowest BCUT2D eigenvalue weighted by molar-refractivity contribution is 0.0761. The van der Waals surface area contributed by atoms with Gasteiger partial charge in [-0.15, -0.1) is 0 Å². The molecule has 5 heteroatoms. The zero-order valence-electron chi connectivity index (χ0n) is 14.5. The van der Waals surface area contributed by atoms with E-state index >= 15 is 0 Å². The summed E-state index contributed by atoms with van der Waals surface area (Å²) in [6.45, 7) is 3.56. The first-order valence-corrected chi connectivity index (χ1v) is 8.77. The van der Waals surface area contributed by atoms with Crippen molar-refractivity contribution >= 4 is 17.5 Å². The van der Waals surface area contributed by atoms with Gasteiger partial charge in [-0.25, -0.2) is 0 Å². The molecular formula is C20H23N3O2. The van der Waals surface area contributed by atoms with Gasteiger partial charge < -0.3 is 10.2 Å². The average molecular weight is 337 g/mol. The molecule has 1 N–H and O–H groups in total. The highest BCUT2D eigenvalue weighted by Crippen LogP contribution is 2.15. The van der Waals surface area contributed by atoms with Gasteiger partial charge in [-0.3, -0.25) is 14.6 Å². The number of rotatable bonds is 3. The Bertz CT molecular complexity index is 748. The van der Waals surface area contributed by atoms with Gasteiger partial charge in [0.05, 0.1) is 0 Å². The average Bonchev–Trinajstić information content (AvgIpc) is 2.92. The second-order valence-electron chi connectivity index (χ2n) is 6.46. The summed E-state index contributed by atoms with van der Waals surface area (Å²) in [5, 5.41) is 2.81. The van der Waals surface area contributed by atoms with Crippen LogP contribution >= 0.6 is 0 Å². The fraction of sp³-hybridized carbons (Fsp3) is 0.350. The second kappa shape index (κ2) is 7.92. The number of carbonyl (C=O) groups is 2. The van der Waals surface area contributed by atoms with Crippen LogP contribution in [-0.2, 0) is 0 Å². The number of nitrogens with zero attached hydrogens (tertiary/aromatic N) is 2. The molecule has 0 bridgehead atoms. The lowest BCUT2D eigenvalue weighted by atomic mass is 10.2. The molecule has 1 aliphatic heterocycles. The normalized spacial score (nSPS) is 14.7. The predicted molar refractivity (Wildman–Crippen MR) is 97.7 cm³/mol. The highest BCUT2D eigenvalue weighted by atomic mass is 16.2. The molecule has 130 valence electrons. The molecule has 2 amide bonds. The minimum atomic E-state index is -0.311. The lowest BCUT2D eigenvalue weighted by Gasteiger charge is -2.20. The van der Waals surface area contributed by atoms with E-state index in [9.17, 15) is 9.59 Å². The SMILES string of the molecule is Cc1ccc(NC(=O)c2cc(C(=O)N3CCCCCC3)ccn2)cc1. The second-order valence-corrected chi connectivity index (χ2v) is 6.46. The number of carbonyl (C=O) groups excluding carboxylic acids is 2. The van der Waals surface area contributed by atoms with E-state index in [1.54, 1.807) is 12.1 Å². The Kier molecular flexibility index (Phi) is 5.43. The molecule has 0 aliphatic carbocycles. The summed E-state index contributed by atoms with van der Waals surface area (Å²) in [4.78, 5) is 31.1. The minimum absolute atomic E-state index is 0.0197. The number of benzene rings is 1. The number of hydrogen-bond acceptors (Lipinski definition) is 3. The summed E-state index contributed by atoms with van der Waals surface area (Å²) in [5.41, 5.74) is 2.61. The first-order chi connectivity index (χ1) is 12.1. The minimum Gasteiger partial charge on any atom is -0.339 e. The summed E-state index contributed by atoms with van der Waals surface area (Å²) in [6, 6.07) is 10.8. The van der Waals surface area contributed by atoms with Crippen LogP contribution in [0.15, 0.2) is 42.6 Å². The highest BCUT2D eigenvalue weighted by Gasteiger charge is 2.19. The number of aromatic nitrogens is 1. The largest absolute Gasteiger partial charge is 0.339 e. The van der Waals surface area contributed by atoms with Crippen LogP contribution in [-0.4, -0.2) is 34.8 Å². The van der Waals surface area contributed by atoms with E-state index < -0.39 is 0 Å². The number of aryl methyl sites for hydroxylation is 1. The molecule has 3 rings (SSSR count). The molecule has 1 aromatic heterocycles. The summed E-state index contributed by atoms with van der Waals surface area (Å²) in [5.74, 6) is -0.331. The van der Waals surface area contributed by atoms with Crippen LogP contribution in [0.25, 0.3) is 0 Å². The smallest absolute Gasteiger partial charge is 0.274 e. The zero-order chi connectivity index (χ0) is 17.6. The van der Waals surface area contributed by atoms with Gasteiger partial charge >= 0.3 is 0 Å². The molecular weight excluding hydrogens is 314 g/mol. The fourth-order valence-electron chi connectivity index (χ4n) is 2.98. The Hall–Kier alpha value is -2.69. The molecule has 0 radical (unpaired) electrons. The Morgan fingerprint density at radius 2 is 1.68 bits per heavy atom. The van der Waals surface area contributed by atoms with Gasteiger partial charge in [0.1, 0.15) is 5.69 Å². The van der Waals surface area contributed by atoms with E-state index in [-0.39, 0.29) is 17.5 Å². The maximum Gasteiger partial charge on any atom is 0.274 e. The number of likely N-dealkylation sites (tertiary alicyclic amines) is 1. The molecule has 0 saturated carbocycles. The third-order valence-electron chi connectivity index (χ3n) is 4.44. The molecule has 2 heterocycles. The number of pyridine rings is 1. The van der Waals surface area contributed by atoms with Crippen molar-refractivity contribution in [1.82, 2.24) is 9.88 Å². The van der Waals surface area contributed by atoms with E-state index in [1.165, 1.54) is 19.0 Å². The third kappa shape index (κ3) is 4.44. The Morgan fingerprint density at radius 1 is 1.00 bits per heavy atom. The standard InChI is InChI=1S/C20H23N3O2/c1-15-6-8-17(9-7-15)22-19(24)18-14-16(10-11-21-18)20(25)23-12-4-2-3-5-13-23/h6-11,14H,2-5,12-13H2,1H3,(H,22,24). The fourth-order valence-corrected chi connectivity index (χ4v) is 2.98. The van der Waals surface area contributed by atoms with Gasteiger partial charge in [0.15, 0.2) is 0 Å². The molecule has 0 unspecified atom stereocenters. The molecule has 1 aliphatic rings. The lowest BCUT2D eigenvalue weighted by Crippen LogP contribution is -2.32. The van der Waals surface area contributed by atoms with Crippen molar-refractivity contribution in [2.45, 2.75) is 32.6 Å². The van der Waals surface area contributed by atoms with Crippen molar-refractivity contribution in [3.05, 3.63) is 59.4 Å². The Morgan fingerprint density at radius 3 is 2.36 bits per heavy atom. The van der Waals surface area contributed by atoms with Gasteiger partial charge in [-0.2, -0.15) is 0 Å². The summed E-state index contributed by atoms with van der Waals surface area (Å²) in [7, 11) is 0. The maximum atomic E-state index is 12.7. The van der Waals surface area contributed by atoms with Crippen molar-refractivity contribution in [2.24, 2.45) is 0 Å². The van der Waals surface area contributed by atoms with E-state index in [1.807, 2.05) is 36.1 Å². The first kappa shape index (κ1) is 17.1. The number of nitrogens with one attached hydrogen (secondary N) is 1. The number of hydrogen-bond donors (Lipinski definition) is 1. The van der Waals surface area contributed by atoms with Gasteiger partial charge in [-0.05, 0) is 44.0 Å². The van der Waals surface area contributed by atoms with E-state index in [0.29, 0.717) is 11.3 Å². The summed E-state index contributed by atoms with van der Waals surface area (Å²) in [6.07, 6.45) is 5.94. The number of anilines is 1. The monoisotopic (exact) mass is 337 g/mol. The van der Waals surface area contributed by atoms with Gasteiger partial charge in [-0.1, -0.05) is 30.5 Å². The van der Waals surface area contributed by atoms with Crippen LogP contribution in [0.5, 0.6) is 0 Å². The van der Waals surface area contributed by atoms with Crippen LogP contribution in [0.4, 0.5) is 5.69 Å². The Labute approximate surface area is 148 Å². The van der Waals surface area contributed by atoms with Crippen LogP contribution < -0.4 is 5.32 Å². The molecule has 0 spiro atoms. The quantitative estimate of drug-likeness (QED) is 0.930. The number of amides is 2. The topological polar surface area (TPSA) is 62.3 Å². The third-order valence-corrected chi connectivity index (χ3v) is 4.44. The van der Waals surface area contributed by atoms with Crippen molar-refractivity contribution in [3.63, 3.8) is 0 Å². The van der Waals surface area contributed by atoms with Crippen LogP contribution in [0.3, 0.4) is 0 Å². The van der Waals surface area contributed by atoms with Crippen LogP contribution in [0, 0.1) is 6.92 Å². The van der Waals surface area contributed by atoms with Crippen molar-refractivity contribution in [3.8, 4) is 0 Å². The van der Waals surface area contributed by atoms with Gasteiger partial charge in [0.2, 0.25) is 0 Å². The van der Waals surface area contributed by atoms with Gasteiger partial charge in [0.25, 0.3) is 11.8 Å². The van der Waals surface area contributed by atoms with Crippen LogP contribution in [0.1, 0.15) is 52.1 Å². The molecule has 25 heavy (non-hydrogen) atoms. The highest BCUT2D eigenvalue weighted by molar-refractivity contribution is 6.04. The Balaban J connectivity index is 1.72. The van der Waals surface area contributed by atoms with E-state index in [4.69, 9.17) is 0 Å². The molecule has 1 saturated heterocycles. The van der Waals surface area contributed by atoms with Gasteiger partial charge in [0, 0.05) is 30.5 Å². The van der Waals surface area contributed by atoms with Crippen molar-refractivity contribution < 1.29 is 9.59 Å². The van der Waals surface area contributed by atoms with Crippen molar-refractivity contribution in [1.29, 1.82) is 0 Å².